The van der Waals surface area contributed by atoms with Crippen molar-refractivity contribution in [3.8, 4) is 10.6 Å². The number of aromatic nitrogens is 1. The van der Waals surface area contributed by atoms with Gasteiger partial charge in [0.05, 0.1) is 16.1 Å². The van der Waals surface area contributed by atoms with Gasteiger partial charge in [0, 0.05) is 31.3 Å². The lowest BCUT2D eigenvalue weighted by molar-refractivity contribution is -0.139. The third-order valence-corrected chi connectivity index (χ3v) is 5.71. The SMILES string of the molecule is CC(=O)N1CC(C(=O)Nc2ccc(-c3nc4ccc(C)cc4s3)cc2)C1. The maximum absolute atomic E-state index is 12.2. The second kappa shape index (κ2) is 6.53. The van der Waals surface area contributed by atoms with Crippen LogP contribution in [0.15, 0.2) is 42.5 Å². The van der Waals surface area contributed by atoms with Gasteiger partial charge >= 0.3 is 0 Å². The molecule has 1 saturated heterocycles. The van der Waals surface area contributed by atoms with Gasteiger partial charge in [-0.2, -0.15) is 0 Å². The summed E-state index contributed by atoms with van der Waals surface area (Å²) in [6.45, 7) is 4.61. The smallest absolute Gasteiger partial charge is 0.231 e. The summed E-state index contributed by atoms with van der Waals surface area (Å²) in [5.41, 5.74) is 4.03. The predicted molar refractivity (Wildman–Crippen MR) is 104 cm³/mol. The lowest BCUT2D eigenvalue weighted by atomic mass is 9.99. The number of carbonyl (C=O) groups is 2. The Hall–Kier alpha value is -2.73. The number of benzene rings is 2. The van der Waals surface area contributed by atoms with Crippen LogP contribution in [0.1, 0.15) is 12.5 Å². The molecule has 6 heteroatoms. The van der Waals surface area contributed by atoms with Crippen LogP contribution in [0.2, 0.25) is 0 Å². The molecule has 2 aromatic carbocycles. The molecule has 0 radical (unpaired) electrons. The fourth-order valence-corrected chi connectivity index (χ4v) is 4.07. The van der Waals surface area contributed by atoms with E-state index in [0.29, 0.717) is 13.1 Å². The van der Waals surface area contributed by atoms with Gasteiger partial charge in [-0.25, -0.2) is 4.98 Å². The van der Waals surface area contributed by atoms with Crippen molar-refractivity contribution in [1.29, 1.82) is 0 Å². The molecule has 5 nitrogen and oxygen atoms in total. The van der Waals surface area contributed by atoms with Crippen molar-refractivity contribution in [2.45, 2.75) is 13.8 Å². The van der Waals surface area contributed by atoms with Gasteiger partial charge in [0.1, 0.15) is 5.01 Å². The Morgan fingerprint density at radius 3 is 2.58 bits per heavy atom. The summed E-state index contributed by atoms with van der Waals surface area (Å²) < 4.78 is 1.18. The molecule has 1 aliphatic heterocycles. The first kappa shape index (κ1) is 16.7. The molecule has 1 aliphatic rings. The number of amides is 2. The second-order valence-corrected chi connectivity index (χ2v) is 7.71. The van der Waals surface area contributed by atoms with E-state index >= 15 is 0 Å². The first-order chi connectivity index (χ1) is 12.5. The predicted octanol–water partition coefficient (Wildman–Crippen LogP) is 3.69. The molecule has 26 heavy (non-hydrogen) atoms. The number of hydrogen-bond acceptors (Lipinski definition) is 4. The molecule has 0 aliphatic carbocycles. The number of fused-ring (bicyclic) bond motifs is 1. The number of nitrogens with zero attached hydrogens (tertiary/aromatic N) is 2. The maximum Gasteiger partial charge on any atom is 0.231 e. The minimum absolute atomic E-state index is 0.0180. The standard InChI is InChI=1S/C20H19N3O2S/c1-12-3-8-17-18(9-12)26-20(22-17)14-4-6-16(7-5-14)21-19(25)15-10-23(11-15)13(2)24/h3-9,15H,10-11H2,1-2H3,(H,21,25). The molecule has 1 N–H and O–H groups in total. The number of rotatable bonds is 3. The van der Waals surface area contributed by atoms with Crippen LogP contribution < -0.4 is 5.32 Å². The third kappa shape index (κ3) is 3.20. The molecule has 1 aromatic heterocycles. The minimum atomic E-state index is -0.119. The number of carbonyl (C=O) groups excluding carboxylic acids is 2. The van der Waals surface area contributed by atoms with Crippen molar-refractivity contribution in [2.24, 2.45) is 5.92 Å². The number of hydrogen-bond donors (Lipinski definition) is 1. The number of likely N-dealkylation sites (tertiary alicyclic amines) is 1. The fraction of sp³-hybridized carbons (Fsp3) is 0.250. The van der Waals surface area contributed by atoms with Crippen LogP contribution in [0.4, 0.5) is 5.69 Å². The fourth-order valence-electron chi connectivity index (χ4n) is 3.00. The van der Waals surface area contributed by atoms with Crippen LogP contribution in [-0.2, 0) is 9.59 Å². The van der Waals surface area contributed by atoms with Gasteiger partial charge in [0.25, 0.3) is 0 Å². The zero-order chi connectivity index (χ0) is 18.3. The lowest BCUT2D eigenvalue weighted by Crippen LogP contribution is -2.53. The molecule has 3 aromatic rings. The number of thiazole rings is 1. The highest BCUT2D eigenvalue weighted by atomic mass is 32.1. The Balaban J connectivity index is 1.44. The molecule has 1 fully saturated rings. The second-order valence-electron chi connectivity index (χ2n) is 6.68. The molecule has 0 unspecified atom stereocenters. The van der Waals surface area contributed by atoms with E-state index in [0.717, 1.165) is 21.8 Å². The first-order valence-electron chi connectivity index (χ1n) is 8.53. The molecule has 2 heterocycles. The molecule has 0 saturated carbocycles. The van der Waals surface area contributed by atoms with E-state index in [2.05, 4.69) is 29.4 Å². The third-order valence-electron chi connectivity index (χ3n) is 4.64. The van der Waals surface area contributed by atoms with Gasteiger partial charge in [-0.1, -0.05) is 6.07 Å². The molecular formula is C20H19N3O2S. The number of nitrogens with one attached hydrogen (secondary N) is 1. The van der Waals surface area contributed by atoms with Crippen molar-refractivity contribution >= 4 is 39.1 Å². The highest BCUT2D eigenvalue weighted by molar-refractivity contribution is 7.21. The molecule has 2 amide bonds. The molecule has 132 valence electrons. The summed E-state index contributed by atoms with van der Waals surface area (Å²) >= 11 is 1.67. The van der Waals surface area contributed by atoms with Crippen molar-refractivity contribution in [3.63, 3.8) is 0 Å². The highest BCUT2D eigenvalue weighted by Gasteiger charge is 2.34. The van der Waals surface area contributed by atoms with Crippen LogP contribution in [-0.4, -0.2) is 34.8 Å². The summed E-state index contributed by atoms with van der Waals surface area (Å²) in [4.78, 5) is 29.8. The Morgan fingerprint density at radius 2 is 1.88 bits per heavy atom. The molecule has 0 spiro atoms. The average molecular weight is 365 g/mol. The Morgan fingerprint density at radius 1 is 1.15 bits per heavy atom. The Bertz CT molecular complexity index is 988. The van der Waals surface area contributed by atoms with E-state index < -0.39 is 0 Å². The van der Waals surface area contributed by atoms with Gasteiger partial charge in [0.2, 0.25) is 11.8 Å². The van der Waals surface area contributed by atoms with Gasteiger partial charge in [-0.05, 0) is 48.9 Å². The molecule has 0 bridgehead atoms. The normalized spacial score (nSPS) is 14.3. The zero-order valence-electron chi connectivity index (χ0n) is 14.7. The molecule has 4 rings (SSSR count). The van der Waals surface area contributed by atoms with Gasteiger partial charge in [-0.15, -0.1) is 11.3 Å². The Kier molecular flexibility index (Phi) is 4.20. The summed E-state index contributed by atoms with van der Waals surface area (Å²) in [6, 6.07) is 14.0. The largest absolute Gasteiger partial charge is 0.341 e. The summed E-state index contributed by atoms with van der Waals surface area (Å²) in [6.07, 6.45) is 0. The van der Waals surface area contributed by atoms with E-state index in [1.54, 1.807) is 16.2 Å². The van der Waals surface area contributed by atoms with Crippen LogP contribution >= 0.6 is 11.3 Å². The first-order valence-corrected chi connectivity index (χ1v) is 9.35. The van der Waals surface area contributed by atoms with E-state index in [4.69, 9.17) is 0 Å². The van der Waals surface area contributed by atoms with Crippen molar-refractivity contribution in [1.82, 2.24) is 9.88 Å². The van der Waals surface area contributed by atoms with Crippen molar-refractivity contribution in [3.05, 3.63) is 48.0 Å². The van der Waals surface area contributed by atoms with Crippen molar-refractivity contribution < 1.29 is 9.59 Å². The number of anilines is 1. The van der Waals surface area contributed by atoms with Gasteiger partial charge < -0.3 is 10.2 Å². The lowest BCUT2D eigenvalue weighted by Gasteiger charge is -2.37. The van der Waals surface area contributed by atoms with E-state index in [1.807, 2.05) is 30.3 Å². The topological polar surface area (TPSA) is 62.3 Å². The maximum atomic E-state index is 12.2. The minimum Gasteiger partial charge on any atom is -0.341 e. The summed E-state index contributed by atoms with van der Waals surface area (Å²) in [5.74, 6) is -0.138. The van der Waals surface area contributed by atoms with Gasteiger partial charge in [-0.3, -0.25) is 9.59 Å². The quantitative estimate of drug-likeness (QED) is 0.770. The number of aryl methyl sites for hydroxylation is 1. The van der Waals surface area contributed by atoms with Gasteiger partial charge in [0.15, 0.2) is 0 Å². The summed E-state index contributed by atoms with van der Waals surface area (Å²) in [5, 5.41) is 3.89. The van der Waals surface area contributed by atoms with Crippen LogP contribution in [0, 0.1) is 12.8 Å². The van der Waals surface area contributed by atoms with Crippen LogP contribution in [0.3, 0.4) is 0 Å². The molecular weight excluding hydrogens is 346 g/mol. The van der Waals surface area contributed by atoms with E-state index in [1.165, 1.54) is 17.2 Å². The molecule has 0 atom stereocenters. The van der Waals surface area contributed by atoms with E-state index in [-0.39, 0.29) is 17.7 Å². The van der Waals surface area contributed by atoms with Crippen molar-refractivity contribution in [2.75, 3.05) is 18.4 Å². The van der Waals surface area contributed by atoms with E-state index in [9.17, 15) is 9.59 Å². The van der Waals surface area contributed by atoms with Crippen LogP contribution in [0.5, 0.6) is 0 Å². The average Bonchev–Trinajstić information content (AvgIpc) is 2.96. The summed E-state index contributed by atoms with van der Waals surface area (Å²) in [7, 11) is 0. The highest BCUT2D eigenvalue weighted by Crippen LogP contribution is 2.31. The van der Waals surface area contributed by atoms with Crippen LogP contribution in [0.25, 0.3) is 20.8 Å². The zero-order valence-corrected chi connectivity index (χ0v) is 15.5. The monoisotopic (exact) mass is 365 g/mol. The Labute approximate surface area is 155 Å².